The van der Waals surface area contributed by atoms with E-state index in [1.165, 1.54) is 5.69 Å². The number of ether oxygens (including phenoxy) is 2. The van der Waals surface area contributed by atoms with Crippen LogP contribution in [0.15, 0.2) is 10.7 Å². The molecule has 21 heavy (non-hydrogen) atoms. The second-order valence-corrected chi connectivity index (χ2v) is 6.70. The quantitative estimate of drug-likeness (QED) is 0.847. The van der Waals surface area contributed by atoms with Crippen molar-refractivity contribution in [2.45, 2.75) is 45.6 Å². The number of hydrogen-bond donors (Lipinski definition) is 1. The van der Waals surface area contributed by atoms with Crippen molar-refractivity contribution in [1.29, 1.82) is 0 Å². The van der Waals surface area contributed by atoms with E-state index in [1.807, 2.05) is 17.9 Å². The van der Waals surface area contributed by atoms with Gasteiger partial charge in [-0.25, -0.2) is 0 Å². The summed E-state index contributed by atoms with van der Waals surface area (Å²) in [5.41, 5.74) is 1.18. The van der Waals surface area contributed by atoms with Gasteiger partial charge in [0.15, 0.2) is 0 Å². The average Bonchev–Trinajstić information content (AvgIpc) is 2.93. The Bertz CT molecular complexity index is 466. The molecular weight excluding hydrogens is 334 g/mol. The molecule has 1 saturated heterocycles. The van der Waals surface area contributed by atoms with Gasteiger partial charge < -0.3 is 14.8 Å². The molecule has 120 valence electrons. The summed E-state index contributed by atoms with van der Waals surface area (Å²) in [6.45, 7) is 8.00. The average molecular weight is 360 g/mol. The Hall–Kier alpha value is -0.430. The van der Waals surface area contributed by atoms with Gasteiger partial charge in [0.25, 0.3) is 0 Å². The standard InChI is InChI=1S/C15H26BrN3O2/c1-9-10(2)21-11(3)13(9)14(17-4)15-12(16)8-18-19(15)6-7-20-5/h8-11,13-14,17H,6-7H2,1-5H3. The molecule has 5 nitrogen and oxygen atoms in total. The molecule has 0 aromatic carbocycles. The van der Waals surface area contributed by atoms with Gasteiger partial charge in [0.1, 0.15) is 0 Å². The van der Waals surface area contributed by atoms with Crippen LogP contribution in [0.4, 0.5) is 0 Å². The maximum absolute atomic E-state index is 6.02. The predicted molar refractivity (Wildman–Crippen MR) is 86.3 cm³/mol. The van der Waals surface area contributed by atoms with Crippen molar-refractivity contribution in [2.75, 3.05) is 20.8 Å². The largest absolute Gasteiger partial charge is 0.383 e. The highest BCUT2D eigenvalue weighted by molar-refractivity contribution is 9.10. The third-order valence-corrected chi connectivity index (χ3v) is 5.26. The molecule has 0 amide bonds. The highest BCUT2D eigenvalue weighted by atomic mass is 79.9. The van der Waals surface area contributed by atoms with Crippen molar-refractivity contribution in [3.05, 3.63) is 16.4 Å². The van der Waals surface area contributed by atoms with E-state index in [0.29, 0.717) is 18.4 Å². The summed E-state index contributed by atoms with van der Waals surface area (Å²) in [6.07, 6.45) is 2.38. The molecular formula is C15H26BrN3O2. The van der Waals surface area contributed by atoms with Crippen molar-refractivity contribution in [3.63, 3.8) is 0 Å². The van der Waals surface area contributed by atoms with Gasteiger partial charge in [0, 0.05) is 13.0 Å². The summed E-state index contributed by atoms with van der Waals surface area (Å²) in [6, 6.07) is 0.202. The Morgan fingerprint density at radius 3 is 2.67 bits per heavy atom. The second kappa shape index (κ2) is 7.22. The van der Waals surface area contributed by atoms with Gasteiger partial charge in [-0.05, 0) is 42.7 Å². The van der Waals surface area contributed by atoms with Crippen molar-refractivity contribution < 1.29 is 9.47 Å². The lowest BCUT2D eigenvalue weighted by molar-refractivity contribution is 0.0473. The molecule has 1 N–H and O–H groups in total. The summed E-state index contributed by atoms with van der Waals surface area (Å²) >= 11 is 3.65. The second-order valence-electron chi connectivity index (χ2n) is 5.84. The summed E-state index contributed by atoms with van der Waals surface area (Å²) in [5.74, 6) is 0.912. The first-order valence-corrected chi connectivity index (χ1v) is 8.33. The van der Waals surface area contributed by atoms with Crippen LogP contribution in [-0.2, 0) is 16.0 Å². The summed E-state index contributed by atoms with van der Waals surface area (Å²) < 4.78 is 14.3. The lowest BCUT2D eigenvalue weighted by Gasteiger charge is -2.29. The number of methoxy groups -OCH3 is 1. The lowest BCUT2D eigenvalue weighted by atomic mass is 9.82. The van der Waals surface area contributed by atoms with Crippen molar-refractivity contribution >= 4 is 15.9 Å². The van der Waals surface area contributed by atoms with E-state index in [2.05, 4.69) is 47.1 Å². The minimum atomic E-state index is 0.202. The van der Waals surface area contributed by atoms with E-state index >= 15 is 0 Å². The van der Waals surface area contributed by atoms with Crippen LogP contribution in [0.5, 0.6) is 0 Å². The third kappa shape index (κ3) is 3.33. The van der Waals surface area contributed by atoms with Gasteiger partial charge in [-0.1, -0.05) is 6.92 Å². The number of nitrogens with one attached hydrogen (secondary N) is 1. The minimum absolute atomic E-state index is 0.202. The topological polar surface area (TPSA) is 48.3 Å². The lowest BCUT2D eigenvalue weighted by Crippen LogP contribution is -2.35. The molecule has 2 heterocycles. The maximum Gasteiger partial charge on any atom is 0.0700 e. The molecule has 1 aliphatic heterocycles. The maximum atomic E-state index is 6.02. The van der Waals surface area contributed by atoms with Crippen LogP contribution in [0.1, 0.15) is 32.5 Å². The van der Waals surface area contributed by atoms with Crippen LogP contribution >= 0.6 is 15.9 Å². The SMILES string of the molecule is CNC(c1c(Br)cnn1CCOC)C1C(C)OC(C)C1C. The molecule has 0 radical (unpaired) electrons. The van der Waals surface area contributed by atoms with Gasteiger partial charge in [0.05, 0.1) is 47.8 Å². The Kier molecular flexibility index (Phi) is 5.82. The summed E-state index contributed by atoms with van der Waals surface area (Å²) in [4.78, 5) is 0. The fourth-order valence-electron chi connectivity index (χ4n) is 3.42. The van der Waals surface area contributed by atoms with E-state index in [-0.39, 0.29) is 18.2 Å². The van der Waals surface area contributed by atoms with E-state index in [9.17, 15) is 0 Å². The molecule has 1 fully saturated rings. The smallest absolute Gasteiger partial charge is 0.0700 e. The normalized spacial score (nSPS) is 30.8. The third-order valence-electron chi connectivity index (χ3n) is 4.65. The monoisotopic (exact) mass is 359 g/mol. The number of aromatic nitrogens is 2. The van der Waals surface area contributed by atoms with Gasteiger partial charge >= 0.3 is 0 Å². The Balaban J connectivity index is 2.31. The van der Waals surface area contributed by atoms with Crippen LogP contribution < -0.4 is 5.32 Å². The first-order valence-electron chi connectivity index (χ1n) is 7.54. The molecule has 1 aliphatic rings. The molecule has 5 unspecified atom stereocenters. The van der Waals surface area contributed by atoms with E-state index in [1.54, 1.807) is 7.11 Å². The zero-order valence-corrected chi connectivity index (χ0v) is 15.1. The fourth-order valence-corrected chi connectivity index (χ4v) is 3.96. The molecule has 0 aliphatic carbocycles. The number of halogens is 1. The summed E-state index contributed by atoms with van der Waals surface area (Å²) in [7, 11) is 3.72. The van der Waals surface area contributed by atoms with Crippen molar-refractivity contribution in [3.8, 4) is 0 Å². The number of rotatable bonds is 6. The fraction of sp³-hybridized carbons (Fsp3) is 0.800. The Labute approximate surface area is 135 Å². The molecule has 5 atom stereocenters. The Morgan fingerprint density at radius 2 is 2.14 bits per heavy atom. The number of hydrogen-bond acceptors (Lipinski definition) is 4. The van der Waals surface area contributed by atoms with Crippen molar-refractivity contribution in [1.82, 2.24) is 15.1 Å². The molecule has 2 rings (SSSR count). The van der Waals surface area contributed by atoms with E-state index in [0.717, 1.165) is 11.0 Å². The van der Waals surface area contributed by atoms with E-state index in [4.69, 9.17) is 9.47 Å². The zero-order chi connectivity index (χ0) is 15.6. The molecule has 0 bridgehead atoms. The summed E-state index contributed by atoms with van der Waals surface area (Å²) in [5, 5.41) is 7.95. The van der Waals surface area contributed by atoms with Gasteiger partial charge in [0.2, 0.25) is 0 Å². The molecule has 1 aromatic rings. The molecule has 1 aromatic heterocycles. The first kappa shape index (κ1) is 16.9. The van der Waals surface area contributed by atoms with Crippen molar-refractivity contribution in [2.24, 2.45) is 11.8 Å². The van der Waals surface area contributed by atoms with Gasteiger partial charge in [-0.3, -0.25) is 4.68 Å². The highest BCUT2D eigenvalue weighted by Crippen LogP contribution is 2.42. The van der Waals surface area contributed by atoms with Crippen LogP contribution in [0.2, 0.25) is 0 Å². The van der Waals surface area contributed by atoms with Crippen LogP contribution in [0.25, 0.3) is 0 Å². The number of nitrogens with zero attached hydrogens (tertiary/aromatic N) is 2. The Morgan fingerprint density at radius 1 is 1.43 bits per heavy atom. The van der Waals surface area contributed by atoms with Gasteiger partial charge in [-0.2, -0.15) is 5.10 Å². The van der Waals surface area contributed by atoms with Crippen LogP contribution in [-0.4, -0.2) is 42.8 Å². The molecule has 6 heteroatoms. The first-order chi connectivity index (χ1) is 10.0. The van der Waals surface area contributed by atoms with E-state index < -0.39 is 0 Å². The van der Waals surface area contributed by atoms with Crippen LogP contribution in [0.3, 0.4) is 0 Å². The predicted octanol–water partition coefficient (Wildman–Crippen LogP) is 2.61. The minimum Gasteiger partial charge on any atom is -0.383 e. The van der Waals surface area contributed by atoms with Gasteiger partial charge in [-0.15, -0.1) is 0 Å². The zero-order valence-electron chi connectivity index (χ0n) is 13.5. The molecule has 0 spiro atoms. The highest BCUT2D eigenvalue weighted by Gasteiger charge is 2.43. The molecule has 0 saturated carbocycles. The van der Waals surface area contributed by atoms with Crippen LogP contribution in [0, 0.1) is 11.8 Å².